The zero-order valence-electron chi connectivity index (χ0n) is 27.3. The van der Waals surface area contributed by atoms with Gasteiger partial charge in [-0.2, -0.15) is 5.26 Å². The van der Waals surface area contributed by atoms with Gasteiger partial charge < -0.3 is 24.4 Å². The molecule has 4 aromatic carbocycles. The van der Waals surface area contributed by atoms with Crippen LogP contribution in [0.15, 0.2) is 110 Å². The van der Waals surface area contributed by atoms with Gasteiger partial charge >= 0.3 is 0 Å². The van der Waals surface area contributed by atoms with E-state index < -0.39 is 0 Å². The van der Waals surface area contributed by atoms with Crippen LogP contribution in [0.3, 0.4) is 0 Å². The lowest BCUT2D eigenvalue weighted by Crippen LogP contribution is -2.41. The third-order valence-electron chi connectivity index (χ3n) is 9.08. The van der Waals surface area contributed by atoms with E-state index in [9.17, 15) is 20.0 Å². The molecule has 2 aliphatic rings. The van der Waals surface area contributed by atoms with E-state index in [2.05, 4.69) is 12.6 Å². The van der Waals surface area contributed by atoms with Gasteiger partial charge in [0, 0.05) is 57.9 Å². The Labute approximate surface area is 287 Å². The average molecular weight is 654 g/mol. The third-order valence-corrected chi connectivity index (χ3v) is 9.08. The van der Waals surface area contributed by atoms with Crippen molar-refractivity contribution in [2.45, 2.75) is 37.9 Å². The van der Waals surface area contributed by atoms with Crippen LogP contribution in [0, 0.1) is 11.3 Å². The number of piperidine rings is 2. The van der Waals surface area contributed by atoms with Crippen LogP contribution < -0.4 is 9.47 Å². The minimum Gasteiger partial charge on any atom is -0.508 e. The number of hydrogen-bond donors (Lipinski definition) is 1. The Hall–Kier alpha value is -5.81. The van der Waals surface area contributed by atoms with E-state index in [4.69, 9.17) is 9.47 Å². The molecule has 0 aliphatic carbocycles. The molecule has 2 amide bonds. The van der Waals surface area contributed by atoms with Crippen LogP contribution in [-0.4, -0.2) is 65.1 Å². The van der Waals surface area contributed by atoms with Gasteiger partial charge in [-0.15, -0.1) is 0 Å². The molecule has 0 unspecified atom stereocenters. The minimum absolute atomic E-state index is 0.00772. The van der Waals surface area contributed by atoms with Crippen LogP contribution in [0.2, 0.25) is 0 Å². The summed E-state index contributed by atoms with van der Waals surface area (Å²) < 4.78 is 12.7. The van der Waals surface area contributed by atoms with Crippen molar-refractivity contribution in [1.82, 2.24) is 9.80 Å². The molecule has 0 bridgehead atoms. The van der Waals surface area contributed by atoms with Gasteiger partial charge in [-0.1, -0.05) is 49.0 Å². The van der Waals surface area contributed by atoms with Crippen LogP contribution in [0.25, 0.3) is 28.3 Å². The molecule has 6 rings (SSSR count). The predicted molar refractivity (Wildman–Crippen MR) is 190 cm³/mol. The molecule has 2 aliphatic heterocycles. The number of nitriles is 1. The van der Waals surface area contributed by atoms with Crippen molar-refractivity contribution in [2.24, 2.45) is 0 Å². The first kappa shape index (κ1) is 33.1. The Morgan fingerprint density at radius 2 is 1.33 bits per heavy atom. The maximum Gasteiger partial charge on any atom is 0.246 e. The normalized spacial score (nSPS) is 15.5. The smallest absolute Gasteiger partial charge is 0.246 e. The largest absolute Gasteiger partial charge is 0.508 e. The zero-order chi connectivity index (χ0) is 34.2. The first-order valence-corrected chi connectivity index (χ1v) is 16.6. The summed E-state index contributed by atoms with van der Waals surface area (Å²) >= 11 is 0. The standard InChI is InChI=1S/C41H39N3O5/c1-2-40(46)43-22-18-36(19-23-43)49-38-16-12-32(39(27-38)31-8-6-29(28-42)7-9-31)13-17-41(47)44-24-20-35(21-25-44)48-37-5-3-4-33(26-37)30-10-14-34(45)15-11-30/h2-17,26-27,35-36,45H,1,18-25H2/b17-13+. The fourth-order valence-electron chi connectivity index (χ4n) is 6.30. The van der Waals surface area contributed by atoms with Crippen molar-refractivity contribution in [3.63, 3.8) is 0 Å². The Kier molecular flexibility index (Phi) is 10.4. The maximum absolute atomic E-state index is 13.3. The lowest BCUT2D eigenvalue weighted by atomic mass is 9.97. The molecule has 0 aromatic heterocycles. The van der Waals surface area contributed by atoms with Gasteiger partial charge in [0.15, 0.2) is 0 Å². The monoisotopic (exact) mass is 653 g/mol. The van der Waals surface area contributed by atoms with Gasteiger partial charge in [0.1, 0.15) is 29.5 Å². The first-order chi connectivity index (χ1) is 23.9. The number of hydrogen-bond acceptors (Lipinski definition) is 6. The summed E-state index contributed by atoms with van der Waals surface area (Å²) in [7, 11) is 0. The van der Waals surface area contributed by atoms with Crippen LogP contribution in [0.4, 0.5) is 0 Å². The van der Waals surface area contributed by atoms with Gasteiger partial charge in [-0.25, -0.2) is 0 Å². The molecular weight excluding hydrogens is 614 g/mol. The number of amides is 2. The highest BCUT2D eigenvalue weighted by atomic mass is 16.5. The van der Waals surface area contributed by atoms with Gasteiger partial charge in [-0.05, 0) is 88.5 Å². The highest BCUT2D eigenvalue weighted by Crippen LogP contribution is 2.32. The average Bonchev–Trinajstić information content (AvgIpc) is 3.15. The molecule has 1 N–H and O–H groups in total. The summed E-state index contributed by atoms with van der Waals surface area (Å²) in [5.74, 6) is 1.62. The molecule has 8 heteroatoms. The quantitative estimate of drug-likeness (QED) is 0.191. The van der Waals surface area contributed by atoms with Crippen molar-refractivity contribution in [1.29, 1.82) is 5.26 Å². The van der Waals surface area contributed by atoms with E-state index >= 15 is 0 Å². The topological polar surface area (TPSA) is 103 Å². The molecule has 2 heterocycles. The lowest BCUT2D eigenvalue weighted by Gasteiger charge is -2.31. The number of ether oxygens (including phenoxy) is 2. The number of likely N-dealkylation sites (tertiary alicyclic amines) is 2. The summed E-state index contributed by atoms with van der Waals surface area (Å²) in [4.78, 5) is 28.9. The number of phenolic OH excluding ortho intramolecular Hbond substituents is 1. The Morgan fingerprint density at radius 3 is 1.94 bits per heavy atom. The van der Waals surface area contributed by atoms with Crippen LogP contribution in [0.5, 0.6) is 17.2 Å². The molecule has 2 fully saturated rings. The molecule has 4 aromatic rings. The molecule has 0 spiro atoms. The Balaban J connectivity index is 1.09. The second-order valence-electron chi connectivity index (χ2n) is 12.3. The fourth-order valence-corrected chi connectivity index (χ4v) is 6.30. The molecule has 2 saturated heterocycles. The first-order valence-electron chi connectivity index (χ1n) is 16.6. The Morgan fingerprint density at radius 1 is 0.735 bits per heavy atom. The molecule has 248 valence electrons. The SMILES string of the molecule is C=CC(=O)N1CCC(Oc2ccc(/C=C/C(=O)N3CCC(Oc4cccc(-c5ccc(O)cc5)c4)CC3)c(-c3ccc(C#N)cc3)c2)CC1. The maximum atomic E-state index is 13.3. The summed E-state index contributed by atoms with van der Waals surface area (Å²) in [6.07, 6.45) is 7.73. The van der Waals surface area contributed by atoms with Crippen molar-refractivity contribution < 1.29 is 24.2 Å². The molecule has 0 saturated carbocycles. The summed E-state index contributed by atoms with van der Waals surface area (Å²) in [6.45, 7) is 6.02. The second kappa shape index (κ2) is 15.4. The number of carbonyl (C=O) groups excluding carboxylic acids is 2. The molecule has 49 heavy (non-hydrogen) atoms. The van der Waals surface area contributed by atoms with Gasteiger partial charge in [0.25, 0.3) is 0 Å². The summed E-state index contributed by atoms with van der Waals surface area (Å²) in [5.41, 5.74) is 5.25. The second-order valence-corrected chi connectivity index (χ2v) is 12.3. The number of benzene rings is 4. The number of phenols is 1. The van der Waals surface area contributed by atoms with Gasteiger partial charge in [0.05, 0.1) is 11.6 Å². The number of carbonyl (C=O) groups is 2. The summed E-state index contributed by atoms with van der Waals surface area (Å²) in [6, 6.07) is 30.4. The number of rotatable bonds is 9. The van der Waals surface area contributed by atoms with Gasteiger partial charge in [0.2, 0.25) is 11.8 Å². The van der Waals surface area contributed by atoms with Crippen LogP contribution in [-0.2, 0) is 9.59 Å². The molecular formula is C41H39N3O5. The summed E-state index contributed by atoms with van der Waals surface area (Å²) in [5, 5.41) is 18.9. The molecule has 8 nitrogen and oxygen atoms in total. The van der Waals surface area contributed by atoms with Crippen molar-refractivity contribution in [3.05, 3.63) is 121 Å². The van der Waals surface area contributed by atoms with Crippen LogP contribution in [0.1, 0.15) is 36.8 Å². The number of nitrogens with zero attached hydrogens (tertiary/aromatic N) is 3. The molecule has 0 radical (unpaired) electrons. The highest BCUT2D eigenvalue weighted by Gasteiger charge is 2.24. The van der Waals surface area contributed by atoms with E-state index in [0.717, 1.165) is 59.3 Å². The van der Waals surface area contributed by atoms with E-state index in [-0.39, 0.29) is 29.8 Å². The molecule has 0 atom stereocenters. The van der Waals surface area contributed by atoms with Crippen molar-refractivity contribution in [2.75, 3.05) is 26.2 Å². The van der Waals surface area contributed by atoms with E-state index in [0.29, 0.717) is 37.5 Å². The van der Waals surface area contributed by atoms with Crippen LogP contribution >= 0.6 is 0 Å². The van der Waals surface area contributed by atoms with E-state index in [1.54, 1.807) is 35.2 Å². The van der Waals surface area contributed by atoms with Gasteiger partial charge in [-0.3, -0.25) is 9.59 Å². The fraction of sp³-hybridized carbons (Fsp3) is 0.244. The van der Waals surface area contributed by atoms with E-state index in [1.165, 1.54) is 6.08 Å². The highest BCUT2D eigenvalue weighted by molar-refractivity contribution is 5.93. The lowest BCUT2D eigenvalue weighted by molar-refractivity contribution is -0.128. The third kappa shape index (κ3) is 8.38. The van der Waals surface area contributed by atoms with Crippen molar-refractivity contribution >= 4 is 17.9 Å². The number of aromatic hydroxyl groups is 1. The van der Waals surface area contributed by atoms with Crippen molar-refractivity contribution in [3.8, 4) is 45.6 Å². The minimum atomic E-state index is -0.0570. The zero-order valence-corrected chi connectivity index (χ0v) is 27.3. The van der Waals surface area contributed by atoms with E-state index in [1.807, 2.05) is 77.7 Å². The Bertz CT molecular complexity index is 1860. The predicted octanol–water partition coefficient (Wildman–Crippen LogP) is 7.24.